The van der Waals surface area contributed by atoms with Crippen LogP contribution in [0.1, 0.15) is 27.4 Å². The van der Waals surface area contributed by atoms with Gasteiger partial charge in [-0.15, -0.1) is 23.5 Å². The fraction of sp³-hybridized carbons (Fsp3) is 0.214. The average molecular weight is 472 g/mol. The molecule has 0 bridgehead atoms. The second-order valence-corrected chi connectivity index (χ2v) is 10.2. The van der Waals surface area contributed by atoms with Gasteiger partial charge in [-0.3, -0.25) is 4.79 Å². The Labute approximate surface area is 203 Å². The van der Waals surface area contributed by atoms with E-state index in [1.165, 1.54) is 0 Å². The van der Waals surface area contributed by atoms with Gasteiger partial charge in [0.1, 0.15) is 5.60 Å². The zero-order valence-corrected chi connectivity index (χ0v) is 20.1. The number of allylic oxidation sites excluding steroid dienone is 1. The summed E-state index contributed by atoms with van der Waals surface area (Å²) in [7, 11) is 0. The average Bonchev–Trinajstić information content (AvgIpc) is 3.15. The molecule has 1 aliphatic rings. The fourth-order valence-corrected chi connectivity index (χ4v) is 6.74. The third-order valence-corrected chi connectivity index (χ3v) is 8.78. The fourth-order valence-electron chi connectivity index (χ4n) is 4.89. The highest BCUT2D eigenvalue weighted by molar-refractivity contribution is 8.16. The summed E-state index contributed by atoms with van der Waals surface area (Å²) in [5.74, 6) is -1.58. The van der Waals surface area contributed by atoms with Crippen molar-refractivity contribution in [3.63, 3.8) is 0 Å². The van der Waals surface area contributed by atoms with Crippen LogP contribution in [-0.2, 0) is 5.60 Å². The third kappa shape index (κ3) is 4.04. The number of nitrogens with zero attached hydrogens (tertiary/aromatic N) is 1. The minimum Gasteiger partial charge on any atom is -0.380 e. The highest BCUT2D eigenvalue weighted by atomic mass is 32.2. The Balaban J connectivity index is 2.05. The first-order valence-electron chi connectivity index (χ1n) is 10.7. The van der Waals surface area contributed by atoms with Crippen molar-refractivity contribution in [3.05, 3.63) is 119 Å². The first kappa shape index (κ1) is 23.4. The molecule has 1 aliphatic carbocycles. The summed E-state index contributed by atoms with van der Waals surface area (Å²) in [6.45, 7) is 0. The first-order chi connectivity index (χ1) is 16.1. The predicted molar refractivity (Wildman–Crippen MR) is 137 cm³/mol. The summed E-state index contributed by atoms with van der Waals surface area (Å²) in [4.78, 5) is 14.1. The van der Waals surface area contributed by atoms with Crippen molar-refractivity contribution in [3.8, 4) is 6.07 Å². The van der Waals surface area contributed by atoms with E-state index in [1.807, 2.05) is 91.4 Å². The van der Waals surface area contributed by atoms with Crippen molar-refractivity contribution in [2.75, 3.05) is 12.5 Å². The van der Waals surface area contributed by atoms with Crippen molar-refractivity contribution >= 4 is 29.3 Å². The first-order valence-corrected chi connectivity index (χ1v) is 13.3. The summed E-state index contributed by atoms with van der Waals surface area (Å²) >= 11 is 3.15. The van der Waals surface area contributed by atoms with E-state index in [0.29, 0.717) is 22.3 Å². The van der Waals surface area contributed by atoms with Gasteiger partial charge in [0.05, 0.1) is 16.6 Å². The summed E-state index contributed by atoms with van der Waals surface area (Å²) in [6, 6.07) is 30.4. The minimum absolute atomic E-state index is 0.167. The molecule has 3 nitrogen and oxygen atoms in total. The van der Waals surface area contributed by atoms with Crippen LogP contribution in [0.25, 0.3) is 0 Å². The Morgan fingerprint density at radius 2 is 1.42 bits per heavy atom. The number of Topliss-reactive ketones (excluding diaryl/α,β-unsaturated/α-hetero) is 1. The molecule has 0 heterocycles. The lowest BCUT2D eigenvalue weighted by Gasteiger charge is -2.37. The molecule has 166 valence electrons. The molecule has 4 rings (SSSR count). The van der Waals surface area contributed by atoms with Crippen molar-refractivity contribution in [1.82, 2.24) is 0 Å². The molecule has 0 spiro atoms. The van der Waals surface area contributed by atoms with Gasteiger partial charge in [0, 0.05) is 22.6 Å². The molecule has 0 fully saturated rings. The maximum atomic E-state index is 14.1. The van der Waals surface area contributed by atoms with Gasteiger partial charge in [-0.25, -0.2) is 0 Å². The molecule has 0 aliphatic heterocycles. The predicted octanol–water partition coefficient (Wildman–Crippen LogP) is 6.04. The van der Waals surface area contributed by atoms with E-state index in [-0.39, 0.29) is 10.4 Å². The van der Waals surface area contributed by atoms with Gasteiger partial charge in [-0.1, -0.05) is 91.0 Å². The number of nitriles is 1. The Bertz CT molecular complexity index is 1180. The van der Waals surface area contributed by atoms with Crippen LogP contribution in [0, 0.1) is 17.2 Å². The van der Waals surface area contributed by atoms with E-state index in [2.05, 4.69) is 6.07 Å². The van der Waals surface area contributed by atoms with E-state index >= 15 is 0 Å². The van der Waals surface area contributed by atoms with Crippen molar-refractivity contribution in [2.45, 2.75) is 16.1 Å². The lowest BCUT2D eigenvalue weighted by molar-refractivity contribution is 0.0202. The Kier molecular flexibility index (Phi) is 7.09. The summed E-state index contributed by atoms with van der Waals surface area (Å²) in [6.07, 6.45) is 3.94. The quantitative estimate of drug-likeness (QED) is 0.336. The largest absolute Gasteiger partial charge is 0.380 e. The summed E-state index contributed by atoms with van der Waals surface area (Å²) < 4.78 is -0.176. The molecule has 0 radical (unpaired) electrons. The second-order valence-electron chi connectivity index (χ2n) is 7.97. The molecule has 0 saturated carbocycles. The van der Waals surface area contributed by atoms with Crippen LogP contribution in [0.4, 0.5) is 0 Å². The normalized spacial score (nSPS) is 22.4. The molecular formula is C28H25NO2S2. The number of hydrogen-bond acceptors (Lipinski definition) is 5. The number of carbonyl (C=O) groups excluding carboxylic acids is 1. The van der Waals surface area contributed by atoms with Gasteiger partial charge in [0.15, 0.2) is 5.78 Å². The molecule has 0 aromatic heterocycles. The third-order valence-electron chi connectivity index (χ3n) is 6.29. The molecule has 0 unspecified atom stereocenters. The molecule has 3 aromatic carbocycles. The van der Waals surface area contributed by atoms with Gasteiger partial charge in [0.25, 0.3) is 0 Å². The smallest absolute Gasteiger partial charge is 0.170 e. The number of ketones is 1. The number of hydrogen-bond donors (Lipinski definition) is 1. The number of aliphatic hydroxyl groups is 1. The molecule has 33 heavy (non-hydrogen) atoms. The van der Waals surface area contributed by atoms with Crippen molar-refractivity contribution in [1.29, 1.82) is 5.26 Å². The molecule has 3 aromatic rings. The number of thioether (sulfide) groups is 2. The van der Waals surface area contributed by atoms with Crippen LogP contribution < -0.4 is 0 Å². The van der Waals surface area contributed by atoms with Crippen LogP contribution in [0.15, 0.2) is 102 Å². The standard InChI is InChI=1S/C28H25NO2S2/c1-32-27(33-2)24-22(18-29)23(19-12-6-3-7-13-19)25(26(30)20-14-8-4-9-15-20)28(24,31)21-16-10-5-11-17-21/h3-17,23,25,27,31H,1-2H3/t23-,25-,28-/m0/s1. The SMILES string of the molecule is CSC(SC)C1=C(C#N)[C@H](c2ccccc2)[C@@H](C(=O)c2ccccc2)[C@]1(O)c1ccccc1. The molecule has 0 saturated heterocycles. The van der Waals surface area contributed by atoms with E-state index in [9.17, 15) is 15.2 Å². The zero-order chi connectivity index (χ0) is 23.4. The number of carbonyl (C=O) groups is 1. The summed E-state index contributed by atoms with van der Waals surface area (Å²) in [5.41, 5.74) is 1.51. The summed E-state index contributed by atoms with van der Waals surface area (Å²) in [5, 5.41) is 23.0. The molecular weight excluding hydrogens is 446 g/mol. The van der Waals surface area contributed by atoms with Crippen LogP contribution in [0.2, 0.25) is 0 Å². The van der Waals surface area contributed by atoms with E-state index in [0.717, 1.165) is 5.56 Å². The number of rotatable bonds is 7. The van der Waals surface area contributed by atoms with E-state index in [4.69, 9.17) is 0 Å². The number of benzene rings is 3. The topological polar surface area (TPSA) is 61.1 Å². The molecule has 0 amide bonds. The molecule has 1 N–H and O–H groups in total. The van der Waals surface area contributed by atoms with Crippen molar-refractivity contribution in [2.24, 2.45) is 5.92 Å². The van der Waals surface area contributed by atoms with Gasteiger partial charge >= 0.3 is 0 Å². The van der Waals surface area contributed by atoms with E-state index in [1.54, 1.807) is 35.7 Å². The second kappa shape index (κ2) is 10.0. The maximum Gasteiger partial charge on any atom is 0.170 e. The zero-order valence-electron chi connectivity index (χ0n) is 18.5. The van der Waals surface area contributed by atoms with E-state index < -0.39 is 17.4 Å². The molecule has 5 heteroatoms. The Morgan fingerprint density at radius 3 is 1.94 bits per heavy atom. The Hall–Kier alpha value is -2.78. The van der Waals surface area contributed by atoms with Gasteiger partial charge < -0.3 is 5.11 Å². The van der Waals surface area contributed by atoms with Gasteiger partial charge in [-0.2, -0.15) is 5.26 Å². The lowest BCUT2D eigenvalue weighted by atomic mass is 9.71. The van der Waals surface area contributed by atoms with Crippen molar-refractivity contribution < 1.29 is 9.90 Å². The van der Waals surface area contributed by atoms with Crippen LogP contribution in [0.5, 0.6) is 0 Å². The lowest BCUT2D eigenvalue weighted by Crippen LogP contribution is -2.42. The van der Waals surface area contributed by atoms with Crippen LogP contribution in [0.3, 0.4) is 0 Å². The van der Waals surface area contributed by atoms with Crippen LogP contribution in [-0.4, -0.2) is 28.0 Å². The highest BCUT2D eigenvalue weighted by Gasteiger charge is 2.59. The minimum atomic E-state index is -1.61. The highest BCUT2D eigenvalue weighted by Crippen LogP contribution is 2.59. The maximum absolute atomic E-state index is 14.1. The monoisotopic (exact) mass is 471 g/mol. The van der Waals surface area contributed by atoms with Crippen LogP contribution >= 0.6 is 23.5 Å². The van der Waals surface area contributed by atoms with Gasteiger partial charge in [0.2, 0.25) is 0 Å². The molecule has 3 atom stereocenters. The van der Waals surface area contributed by atoms with Gasteiger partial charge in [-0.05, 0) is 23.6 Å². The Morgan fingerprint density at radius 1 is 0.909 bits per heavy atom.